The van der Waals surface area contributed by atoms with Crippen molar-refractivity contribution in [3.8, 4) is 5.75 Å². The van der Waals surface area contributed by atoms with Gasteiger partial charge in [-0.25, -0.2) is 8.42 Å². The van der Waals surface area contributed by atoms with E-state index < -0.39 is 92.9 Å². The van der Waals surface area contributed by atoms with E-state index in [1.165, 1.54) is 0 Å². The van der Waals surface area contributed by atoms with Crippen molar-refractivity contribution >= 4 is 27.2 Å². The topological polar surface area (TPSA) is 114 Å². The van der Waals surface area contributed by atoms with Crippen molar-refractivity contribution in [1.82, 2.24) is 15.6 Å². The predicted molar refractivity (Wildman–Crippen MR) is 122 cm³/mol. The molecule has 0 aliphatic carbocycles. The Labute approximate surface area is 221 Å². The fraction of sp³-hybridized carbons (Fsp3) is 0.348. The van der Waals surface area contributed by atoms with E-state index >= 15 is 0 Å². The molecule has 1 aromatic heterocycles. The minimum Gasteiger partial charge on any atom is -0.433 e. The van der Waals surface area contributed by atoms with Gasteiger partial charge in [-0.15, -0.1) is 0 Å². The van der Waals surface area contributed by atoms with Gasteiger partial charge in [0.25, 0.3) is 0 Å². The van der Waals surface area contributed by atoms with Crippen LogP contribution in [0, 0.1) is 0 Å². The zero-order chi connectivity index (χ0) is 30.1. The summed E-state index contributed by atoms with van der Waals surface area (Å²) in [5.41, 5.74) is -6.50. The van der Waals surface area contributed by atoms with E-state index in [1.807, 2.05) is 0 Å². The van der Waals surface area contributed by atoms with Crippen molar-refractivity contribution in [1.29, 1.82) is 0 Å². The molecule has 2 amide bonds. The van der Waals surface area contributed by atoms with E-state index in [0.717, 1.165) is 24.6 Å². The first-order valence-corrected chi connectivity index (χ1v) is 13.0. The van der Waals surface area contributed by atoms with Crippen molar-refractivity contribution in [2.75, 3.05) is 18.6 Å². The van der Waals surface area contributed by atoms with Crippen molar-refractivity contribution in [3.05, 3.63) is 65.0 Å². The molecule has 0 saturated carbocycles. The number of amides is 2. The molecule has 2 heterocycles. The number of pyridine rings is 1. The summed E-state index contributed by atoms with van der Waals surface area (Å²) in [6, 6.07) is 3.83. The number of sulfone groups is 1. The van der Waals surface area contributed by atoms with Crippen LogP contribution in [0.2, 0.25) is 0 Å². The van der Waals surface area contributed by atoms with Crippen molar-refractivity contribution < 1.29 is 57.9 Å². The summed E-state index contributed by atoms with van der Waals surface area (Å²) in [6.07, 6.45) is -9.77. The predicted octanol–water partition coefficient (Wildman–Crippen LogP) is 3.59. The number of nitrogens with zero attached hydrogens (tertiary/aromatic N) is 1. The van der Waals surface area contributed by atoms with E-state index in [1.54, 1.807) is 5.32 Å². The van der Waals surface area contributed by atoms with Crippen LogP contribution in [0.15, 0.2) is 48.2 Å². The summed E-state index contributed by atoms with van der Waals surface area (Å²) in [4.78, 5) is 28.9. The highest BCUT2D eigenvalue weighted by molar-refractivity contribution is 7.91. The molecule has 1 aliphatic rings. The maximum atomic E-state index is 14.6. The Balaban J connectivity index is 2.13. The van der Waals surface area contributed by atoms with Crippen LogP contribution in [0.4, 0.5) is 35.1 Å². The van der Waals surface area contributed by atoms with Gasteiger partial charge in [0.05, 0.1) is 17.5 Å². The third-order valence-electron chi connectivity index (χ3n) is 5.72. The summed E-state index contributed by atoms with van der Waals surface area (Å²) >= 11 is 0. The summed E-state index contributed by atoms with van der Waals surface area (Å²) in [7, 11) is -3.80. The lowest BCUT2D eigenvalue weighted by atomic mass is 9.77. The summed E-state index contributed by atoms with van der Waals surface area (Å²) < 4.78 is 135. The number of hydrogen-bond donors (Lipinski definition) is 2. The second-order valence-corrected chi connectivity index (χ2v) is 10.8. The van der Waals surface area contributed by atoms with Gasteiger partial charge in [-0.05, 0) is 35.4 Å². The van der Waals surface area contributed by atoms with Crippen molar-refractivity contribution in [2.24, 2.45) is 0 Å². The molecule has 1 atom stereocenters. The second-order valence-electron chi connectivity index (χ2n) is 8.67. The largest absolute Gasteiger partial charge is 0.433 e. The number of ether oxygens (including phenoxy) is 1. The first-order valence-electron chi connectivity index (χ1n) is 11.0. The number of halogens is 8. The van der Waals surface area contributed by atoms with Gasteiger partial charge in [-0.3, -0.25) is 14.6 Å². The molecule has 17 heteroatoms. The highest BCUT2D eigenvalue weighted by atomic mass is 32.2. The lowest BCUT2D eigenvalue weighted by Crippen LogP contribution is -2.59. The molecule has 0 unspecified atom stereocenters. The maximum Gasteiger partial charge on any atom is 0.416 e. The number of carbonyl (C=O) groups is 2. The highest BCUT2D eigenvalue weighted by Crippen LogP contribution is 2.48. The van der Waals surface area contributed by atoms with E-state index in [9.17, 15) is 53.1 Å². The lowest BCUT2D eigenvalue weighted by molar-refractivity contribution is -0.201. The Morgan fingerprint density at radius 1 is 1.10 bits per heavy atom. The van der Waals surface area contributed by atoms with Crippen LogP contribution >= 0.6 is 0 Å². The van der Waals surface area contributed by atoms with Crippen LogP contribution in [-0.4, -0.2) is 56.6 Å². The molecule has 2 aromatic rings. The molecule has 1 aliphatic heterocycles. The van der Waals surface area contributed by atoms with Gasteiger partial charge < -0.3 is 15.4 Å². The van der Waals surface area contributed by atoms with E-state index in [4.69, 9.17) is 0 Å². The van der Waals surface area contributed by atoms with Crippen molar-refractivity contribution in [3.63, 3.8) is 0 Å². The maximum absolute atomic E-state index is 14.6. The first-order chi connectivity index (χ1) is 18.3. The number of rotatable bonds is 8. The monoisotopic (exact) mass is 601 g/mol. The average molecular weight is 601 g/mol. The molecular weight excluding hydrogens is 582 g/mol. The van der Waals surface area contributed by atoms with Gasteiger partial charge in [0, 0.05) is 24.8 Å². The van der Waals surface area contributed by atoms with Crippen LogP contribution in [0.1, 0.15) is 23.2 Å². The number of aromatic nitrogens is 1. The molecule has 2 N–H and O–H groups in total. The van der Waals surface area contributed by atoms with Crippen LogP contribution in [0.25, 0.3) is 5.57 Å². The number of benzene rings is 1. The molecule has 0 fully saturated rings. The normalized spacial score (nSPS) is 18.5. The molecule has 1 aromatic carbocycles. The third-order valence-corrected chi connectivity index (χ3v) is 6.51. The van der Waals surface area contributed by atoms with E-state index in [0.29, 0.717) is 24.3 Å². The van der Waals surface area contributed by atoms with Crippen LogP contribution in [0.3, 0.4) is 0 Å². The standard InChI is InChI=1S/C23H19F8N3O5S/c1-40(37,38)11-18(35)33-10-16-15(17-7-6-14(9-32-17)39-20(24)25)8-21(23(29,30)31,34-19(16)36)12-2-4-13(5-3-12)22(26,27)28/h2-7,9,20H,8,10-11H2,1H3,(H,33,35)(H,34,36)/t21-/m0/s1. The number of nitrogens with one attached hydrogen (secondary N) is 2. The number of alkyl halides is 8. The fourth-order valence-electron chi connectivity index (χ4n) is 3.91. The molecule has 0 spiro atoms. The SMILES string of the molecule is CS(=O)(=O)CC(=O)NCC1=C(c2ccc(OC(F)F)cn2)C[C@](c2ccc(C(F)(F)F)cc2)(C(F)(F)F)NC1=O. The molecule has 40 heavy (non-hydrogen) atoms. The Morgan fingerprint density at radius 3 is 2.20 bits per heavy atom. The summed E-state index contributed by atoms with van der Waals surface area (Å²) in [6.45, 7) is -4.00. The minimum atomic E-state index is -5.28. The molecule has 3 rings (SSSR count). The van der Waals surface area contributed by atoms with Crippen LogP contribution in [-0.2, 0) is 31.1 Å². The molecule has 218 valence electrons. The molecule has 8 nitrogen and oxygen atoms in total. The number of carbonyl (C=O) groups excluding carboxylic acids is 2. The van der Waals surface area contributed by atoms with Gasteiger partial charge in [-0.1, -0.05) is 12.1 Å². The average Bonchev–Trinajstić information content (AvgIpc) is 2.80. The van der Waals surface area contributed by atoms with Gasteiger partial charge in [-0.2, -0.15) is 35.1 Å². The number of hydrogen-bond acceptors (Lipinski definition) is 6. The van der Waals surface area contributed by atoms with Crippen LogP contribution in [0.5, 0.6) is 5.75 Å². The molecule has 0 radical (unpaired) electrons. The summed E-state index contributed by atoms with van der Waals surface area (Å²) in [5.74, 6) is -3.93. The quantitative estimate of drug-likeness (QED) is 0.448. The second kappa shape index (κ2) is 11.0. The van der Waals surface area contributed by atoms with Gasteiger partial charge in [0.2, 0.25) is 11.8 Å². The van der Waals surface area contributed by atoms with Gasteiger partial charge >= 0.3 is 19.0 Å². The zero-order valence-corrected chi connectivity index (χ0v) is 21.0. The zero-order valence-electron chi connectivity index (χ0n) is 20.2. The minimum absolute atomic E-state index is 0.329. The fourth-order valence-corrected chi connectivity index (χ4v) is 4.49. The molecule has 0 bridgehead atoms. The highest BCUT2D eigenvalue weighted by Gasteiger charge is 2.59. The van der Waals surface area contributed by atoms with Crippen molar-refractivity contribution in [2.45, 2.75) is 30.9 Å². The van der Waals surface area contributed by atoms with Crippen LogP contribution < -0.4 is 15.4 Å². The van der Waals surface area contributed by atoms with Gasteiger partial charge in [0.1, 0.15) is 11.5 Å². The Hall–Kier alpha value is -3.76. The Morgan fingerprint density at radius 2 is 1.73 bits per heavy atom. The van der Waals surface area contributed by atoms with E-state index in [-0.39, 0.29) is 5.69 Å². The summed E-state index contributed by atoms with van der Waals surface area (Å²) in [5, 5.41) is 3.89. The smallest absolute Gasteiger partial charge is 0.416 e. The molecular formula is C23H19F8N3O5S. The van der Waals surface area contributed by atoms with Gasteiger partial charge in [0.15, 0.2) is 15.4 Å². The Bertz CT molecular complexity index is 1410. The van der Waals surface area contributed by atoms with E-state index in [2.05, 4.69) is 15.0 Å². The lowest BCUT2D eigenvalue weighted by Gasteiger charge is -2.41. The first kappa shape index (κ1) is 30.8. The molecule has 0 saturated heterocycles. The third kappa shape index (κ3) is 7.05. The Kier molecular flexibility index (Phi) is 8.48.